The average molecular weight is 274 g/mol. The molecule has 1 aromatic carbocycles. The molecule has 0 spiro atoms. The van der Waals surface area contributed by atoms with E-state index < -0.39 is 0 Å². The first-order valence-electron chi connectivity index (χ1n) is 6.38. The van der Waals surface area contributed by atoms with Crippen molar-refractivity contribution >= 4 is 22.9 Å². The summed E-state index contributed by atoms with van der Waals surface area (Å²) in [5.74, 6) is -0.0461. The molecule has 1 heterocycles. The van der Waals surface area contributed by atoms with Crippen molar-refractivity contribution in [3.63, 3.8) is 0 Å². The molecule has 0 fully saturated rings. The molecule has 1 amide bonds. The second-order valence-corrected chi connectivity index (χ2v) is 5.11. The van der Waals surface area contributed by atoms with Crippen LogP contribution in [-0.2, 0) is 0 Å². The van der Waals surface area contributed by atoms with E-state index in [1.54, 1.807) is 11.3 Å². The van der Waals surface area contributed by atoms with E-state index in [4.69, 9.17) is 0 Å². The fourth-order valence-corrected chi connectivity index (χ4v) is 2.66. The maximum absolute atomic E-state index is 12.3. The highest BCUT2D eigenvalue weighted by Crippen LogP contribution is 2.19. The lowest BCUT2D eigenvalue weighted by Crippen LogP contribution is -2.27. The van der Waals surface area contributed by atoms with E-state index in [0.717, 1.165) is 17.8 Å². The van der Waals surface area contributed by atoms with Crippen LogP contribution in [0.15, 0.2) is 41.1 Å². The van der Waals surface area contributed by atoms with E-state index in [-0.39, 0.29) is 11.9 Å². The Hall–Kier alpha value is -1.81. The Morgan fingerprint density at radius 2 is 2.11 bits per heavy atom. The number of thiophene rings is 1. The van der Waals surface area contributed by atoms with Gasteiger partial charge in [-0.05, 0) is 48.4 Å². The van der Waals surface area contributed by atoms with Gasteiger partial charge in [-0.1, -0.05) is 12.1 Å². The zero-order valence-corrected chi connectivity index (χ0v) is 12.0. The van der Waals surface area contributed by atoms with Crippen molar-refractivity contribution in [1.82, 2.24) is 5.32 Å². The minimum Gasteiger partial charge on any atom is -0.385 e. The predicted octanol–water partition coefficient (Wildman–Crippen LogP) is 3.67. The van der Waals surface area contributed by atoms with E-state index in [2.05, 4.69) is 16.0 Å². The second-order valence-electron chi connectivity index (χ2n) is 4.33. The molecule has 0 saturated carbocycles. The van der Waals surface area contributed by atoms with E-state index >= 15 is 0 Å². The van der Waals surface area contributed by atoms with Crippen LogP contribution >= 0.6 is 11.3 Å². The lowest BCUT2D eigenvalue weighted by atomic mass is 10.1. The number of nitrogens with one attached hydrogen (secondary N) is 2. The van der Waals surface area contributed by atoms with Crippen LogP contribution in [0, 0.1) is 0 Å². The third-order valence-electron chi connectivity index (χ3n) is 2.93. The van der Waals surface area contributed by atoms with Crippen molar-refractivity contribution in [2.24, 2.45) is 0 Å². The summed E-state index contributed by atoms with van der Waals surface area (Å²) in [6, 6.07) is 9.63. The van der Waals surface area contributed by atoms with Crippen LogP contribution in [0.2, 0.25) is 0 Å². The largest absolute Gasteiger partial charge is 0.385 e. The number of benzene rings is 1. The Labute approximate surface area is 117 Å². The number of amides is 1. The van der Waals surface area contributed by atoms with Crippen molar-refractivity contribution in [2.45, 2.75) is 19.9 Å². The van der Waals surface area contributed by atoms with Gasteiger partial charge in [0.2, 0.25) is 0 Å². The van der Waals surface area contributed by atoms with Gasteiger partial charge in [-0.15, -0.1) is 0 Å². The zero-order chi connectivity index (χ0) is 13.7. The molecule has 0 radical (unpaired) electrons. The summed E-state index contributed by atoms with van der Waals surface area (Å²) >= 11 is 1.64. The second kappa shape index (κ2) is 6.38. The summed E-state index contributed by atoms with van der Waals surface area (Å²) in [6.07, 6.45) is 0. The third kappa shape index (κ3) is 3.35. The molecule has 0 aliphatic heterocycles. The molecule has 2 rings (SSSR count). The van der Waals surface area contributed by atoms with Gasteiger partial charge in [0, 0.05) is 12.2 Å². The highest BCUT2D eigenvalue weighted by Gasteiger charge is 2.14. The van der Waals surface area contributed by atoms with Crippen LogP contribution in [0.4, 0.5) is 5.69 Å². The quantitative estimate of drug-likeness (QED) is 0.873. The molecule has 1 unspecified atom stereocenters. The monoisotopic (exact) mass is 274 g/mol. The standard InChI is InChI=1S/C15H18N2OS/c1-3-16-14-7-5-4-6-13(14)15(18)17-11(2)12-8-9-19-10-12/h4-11,16H,3H2,1-2H3,(H,17,18). The van der Waals surface area contributed by atoms with Gasteiger partial charge in [-0.3, -0.25) is 4.79 Å². The Bertz CT molecular complexity index is 537. The van der Waals surface area contributed by atoms with Gasteiger partial charge >= 0.3 is 0 Å². The minimum absolute atomic E-state index is 0.0217. The maximum Gasteiger partial charge on any atom is 0.253 e. The lowest BCUT2D eigenvalue weighted by molar-refractivity contribution is 0.0941. The molecule has 2 aromatic rings. The molecule has 0 aliphatic rings. The number of carbonyl (C=O) groups excluding carboxylic acids is 1. The van der Waals surface area contributed by atoms with E-state index in [1.807, 2.05) is 49.6 Å². The zero-order valence-electron chi connectivity index (χ0n) is 11.1. The van der Waals surface area contributed by atoms with Crippen LogP contribution in [-0.4, -0.2) is 12.5 Å². The van der Waals surface area contributed by atoms with E-state index in [0.29, 0.717) is 5.56 Å². The molecule has 1 atom stereocenters. The third-order valence-corrected chi connectivity index (χ3v) is 3.63. The fraction of sp³-hybridized carbons (Fsp3) is 0.267. The van der Waals surface area contributed by atoms with Crippen LogP contribution in [0.25, 0.3) is 0 Å². The van der Waals surface area contributed by atoms with Crippen molar-refractivity contribution in [2.75, 3.05) is 11.9 Å². The number of hydrogen-bond acceptors (Lipinski definition) is 3. The molecule has 4 heteroatoms. The predicted molar refractivity (Wildman–Crippen MR) is 80.8 cm³/mol. The smallest absolute Gasteiger partial charge is 0.253 e. The van der Waals surface area contributed by atoms with Crippen molar-refractivity contribution in [1.29, 1.82) is 0 Å². The van der Waals surface area contributed by atoms with Gasteiger partial charge in [0.25, 0.3) is 5.91 Å². The fourth-order valence-electron chi connectivity index (χ4n) is 1.90. The highest BCUT2D eigenvalue weighted by atomic mass is 32.1. The normalized spacial score (nSPS) is 11.9. The lowest BCUT2D eigenvalue weighted by Gasteiger charge is -2.15. The first-order chi connectivity index (χ1) is 9.22. The Balaban J connectivity index is 2.11. The van der Waals surface area contributed by atoms with E-state index in [9.17, 15) is 4.79 Å². The van der Waals surface area contributed by atoms with Crippen LogP contribution in [0.3, 0.4) is 0 Å². The van der Waals surface area contributed by atoms with Gasteiger partial charge in [-0.2, -0.15) is 11.3 Å². The van der Waals surface area contributed by atoms with E-state index in [1.165, 1.54) is 0 Å². The molecule has 1 aromatic heterocycles. The summed E-state index contributed by atoms with van der Waals surface area (Å²) in [5.41, 5.74) is 2.70. The number of hydrogen-bond donors (Lipinski definition) is 2. The topological polar surface area (TPSA) is 41.1 Å². The molecule has 100 valence electrons. The molecule has 0 aliphatic carbocycles. The molecule has 0 saturated heterocycles. The van der Waals surface area contributed by atoms with Gasteiger partial charge in [-0.25, -0.2) is 0 Å². The Morgan fingerprint density at radius 3 is 2.79 bits per heavy atom. The summed E-state index contributed by atoms with van der Waals surface area (Å²) < 4.78 is 0. The summed E-state index contributed by atoms with van der Waals surface area (Å²) in [4.78, 5) is 12.3. The van der Waals surface area contributed by atoms with Crippen molar-refractivity contribution in [3.05, 3.63) is 52.2 Å². The number of anilines is 1. The average Bonchev–Trinajstić information content (AvgIpc) is 2.93. The molecule has 3 nitrogen and oxygen atoms in total. The number of rotatable bonds is 5. The SMILES string of the molecule is CCNc1ccccc1C(=O)NC(C)c1ccsc1. The molecular weight excluding hydrogens is 256 g/mol. The molecule has 2 N–H and O–H groups in total. The minimum atomic E-state index is -0.0461. The summed E-state index contributed by atoms with van der Waals surface area (Å²) in [5, 5.41) is 10.3. The van der Waals surface area contributed by atoms with Gasteiger partial charge in [0.1, 0.15) is 0 Å². The number of carbonyl (C=O) groups is 1. The first-order valence-corrected chi connectivity index (χ1v) is 7.32. The summed E-state index contributed by atoms with van der Waals surface area (Å²) in [7, 11) is 0. The first kappa shape index (κ1) is 13.6. The van der Waals surface area contributed by atoms with Gasteiger partial charge in [0.15, 0.2) is 0 Å². The maximum atomic E-state index is 12.3. The van der Waals surface area contributed by atoms with Crippen LogP contribution in [0.5, 0.6) is 0 Å². The Kier molecular flexibility index (Phi) is 4.58. The van der Waals surface area contributed by atoms with Crippen LogP contribution in [0.1, 0.15) is 35.8 Å². The highest BCUT2D eigenvalue weighted by molar-refractivity contribution is 7.07. The molecule has 19 heavy (non-hydrogen) atoms. The van der Waals surface area contributed by atoms with Gasteiger partial charge < -0.3 is 10.6 Å². The Morgan fingerprint density at radius 1 is 1.32 bits per heavy atom. The van der Waals surface area contributed by atoms with Crippen LogP contribution < -0.4 is 10.6 Å². The molecular formula is C15H18N2OS. The number of para-hydroxylation sites is 1. The summed E-state index contributed by atoms with van der Waals surface area (Å²) in [6.45, 7) is 4.81. The van der Waals surface area contributed by atoms with Gasteiger partial charge in [0.05, 0.1) is 11.6 Å². The van der Waals surface area contributed by atoms with Crippen molar-refractivity contribution < 1.29 is 4.79 Å². The van der Waals surface area contributed by atoms with Crippen molar-refractivity contribution in [3.8, 4) is 0 Å². The molecule has 0 bridgehead atoms.